The van der Waals surface area contributed by atoms with Gasteiger partial charge in [-0.1, -0.05) is 0 Å². The summed E-state index contributed by atoms with van der Waals surface area (Å²) in [6.45, 7) is -0.169. The molecule has 0 aromatic carbocycles. The first-order valence-electron chi connectivity index (χ1n) is 8.13. The molecule has 0 saturated carbocycles. The minimum absolute atomic E-state index is 0.520. The largest absolute Gasteiger partial charge is 0.394 e. The summed E-state index contributed by atoms with van der Waals surface area (Å²) in [5.41, 5.74) is 0. The molecule has 0 radical (unpaired) electrons. The van der Waals surface area contributed by atoms with E-state index in [1.807, 2.05) is 0 Å². The van der Waals surface area contributed by atoms with Crippen LogP contribution >= 0.6 is 0 Å². The molecule has 13 nitrogen and oxygen atoms in total. The van der Waals surface area contributed by atoms with Crippen molar-refractivity contribution in [2.24, 2.45) is 0 Å². The van der Waals surface area contributed by atoms with Gasteiger partial charge in [0.1, 0.15) is 42.7 Å². The van der Waals surface area contributed by atoms with E-state index in [1.165, 1.54) is 0 Å². The van der Waals surface area contributed by atoms with Gasteiger partial charge in [-0.25, -0.2) is 4.79 Å². The smallest absolute Gasteiger partial charge is 0.339 e. The second-order valence-corrected chi connectivity index (χ2v) is 6.21. The van der Waals surface area contributed by atoms with Gasteiger partial charge in [0, 0.05) is 6.92 Å². The minimum Gasteiger partial charge on any atom is -0.394 e. The van der Waals surface area contributed by atoms with E-state index in [-0.39, 0.29) is 0 Å². The third kappa shape index (κ3) is 5.10. The molecule has 2 fully saturated rings. The molecule has 2 rings (SSSR count). The van der Waals surface area contributed by atoms with Crippen LogP contribution in [0.5, 0.6) is 0 Å². The highest BCUT2D eigenvalue weighted by Crippen LogP contribution is 2.26. The van der Waals surface area contributed by atoms with Gasteiger partial charge in [-0.05, 0) is 0 Å². The van der Waals surface area contributed by atoms with Crippen molar-refractivity contribution < 1.29 is 64.5 Å². The zero-order valence-electron chi connectivity index (χ0n) is 14.3. The lowest BCUT2D eigenvalue weighted by Crippen LogP contribution is -2.62. The highest BCUT2D eigenvalue weighted by atomic mass is 17.2. The number of hydrogen-bond donors (Lipinski definition) is 7. The lowest BCUT2D eigenvalue weighted by Gasteiger charge is -2.42. The van der Waals surface area contributed by atoms with Crippen LogP contribution in [0, 0.1) is 0 Å². The molecule has 10 atom stereocenters. The zero-order valence-corrected chi connectivity index (χ0v) is 14.3. The maximum absolute atomic E-state index is 10.9. The van der Waals surface area contributed by atoms with Gasteiger partial charge in [0.2, 0.25) is 0 Å². The average molecular weight is 400 g/mol. The summed E-state index contributed by atoms with van der Waals surface area (Å²) >= 11 is 0. The molecular weight excluding hydrogens is 376 g/mol. The summed E-state index contributed by atoms with van der Waals surface area (Å²) in [5, 5.41) is 67.7. The minimum atomic E-state index is -1.78. The number of ether oxygens (including phenoxy) is 3. The van der Waals surface area contributed by atoms with E-state index in [4.69, 9.17) is 19.1 Å². The Morgan fingerprint density at radius 3 is 2.11 bits per heavy atom. The van der Waals surface area contributed by atoms with Gasteiger partial charge in [-0.15, -0.1) is 0 Å². The Morgan fingerprint density at radius 2 is 1.52 bits per heavy atom. The normalized spacial score (nSPS) is 45.5. The maximum atomic E-state index is 10.9. The molecule has 2 heterocycles. The predicted octanol–water partition coefficient (Wildman–Crippen LogP) is -4.89. The van der Waals surface area contributed by atoms with Gasteiger partial charge in [-0.2, -0.15) is 4.89 Å². The van der Waals surface area contributed by atoms with Gasteiger partial charge in [0.15, 0.2) is 18.7 Å². The SMILES string of the molecule is CC(=O)OO[C@H]1[C@H](OC[C@H]2O[C@@H](O)[C@H](O)[C@@H](O)[C@@H]2O)O[C@H](CO)[C@@H](O)[C@@H]1O. The van der Waals surface area contributed by atoms with E-state index >= 15 is 0 Å². The molecule has 7 N–H and O–H groups in total. The molecule has 0 aliphatic carbocycles. The molecule has 0 spiro atoms. The van der Waals surface area contributed by atoms with Crippen molar-refractivity contribution in [1.29, 1.82) is 0 Å². The van der Waals surface area contributed by atoms with Crippen LogP contribution < -0.4 is 0 Å². The summed E-state index contributed by atoms with van der Waals surface area (Å²) in [7, 11) is 0. The van der Waals surface area contributed by atoms with Crippen molar-refractivity contribution in [3.8, 4) is 0 Å². The summed E-state index contributed by atoms with van der Waals surface area (Å²) < 4.78 is 15.5. The Balaban J connectivity index is 2.04. The van der Waals surface area contributed by atoms with Crippen LogP contribution in [-0.2, 0) is 28.8 Å². The second kappa shape index (κ2) is 9.49. The molecular formula is C14H24O13. The van der Waals surface area contributed by atoms with Crippen LogP contribution in [0.1, 0.15) is 6.92 Å². The molecule has 2 aliphatic heterocycles. The van der Waals surface area contributed by atoms with Crippen molar-refractivity contribution >= 4 is 5.97 Å². The standard InChI is InChI=1S/C14H24O13/c1-4(16)26-27-12-10(20)7(17)5(2-15)25-14(12)23-3-6-8(18)9(19)11(21)13(22)24-6/h5-15,17-22H,2-3H2,1H3/t5-,6-,7-,8-,9+,10+,11-,12-,13-,14-/m1/s1. The Morgan fingerprint density at radius 1 is 0.889 bits per heavy atom. The van der Waals surface area contributed by atoms with Crippen LogP contribution in [0.2, 0.25) is 0 Å². The van der Waals surface area contributed by atoms with Crippen LogP contribution in [0.3, 0.4) is 0 Å². The third-order valence-corrected chi connectivity index (χ3v) is 4.21. The monoisotopic (exact) mass is 400 g/mol. The number of hydrogen-bond acceptors (Lipinski definition) is 13. The van der Waals surface area contributed by atoms with Crippen LogP contribution in [0.15, 0.2) is 0 Å². The number of aliphatic hydroxyl groups is 7. The Kier molecular flexibility index (Phi) is 7.84. The van der Waals surface area contributed by atoms with Crippen molar-refractivity contribution in [3.05, 3.63) is 0 Å². The lowest BCUT2D eigenvalue weighted by molar-refractivity contribution is -0.392. The molecule has 0 amide bonds. The van der Waals surface area contributed by atoms with E-state index in [0.717, 1.165) is 6.92 Å². The number of carbonyl (C=O) groups is 1. The number of carbonyl (C=O) groups excluding carboxylic acids is 1. The molecule has 0 bridgehead atoms. The fourth-order valence-corrected chi connectivity index (χ4v) is 2.67. The maximum Gasteiger partial charge on any atom is 0.339 e. The summed E-state index contributed by atoms with van der Waals surface area (Å²) in [6, 6.07) is 0. The first kappa shape index (κ1) is 22.3. The molecule has 2 saturated heterocycles. The van der Waals surface area contributed by atoms with Crippen molar-refractivity contribution in [2.75, 3.05) is 13.2 Å². The van der Waals surface area contributed by atoms with E-state index in [1.54, 1.807) is 0 Å². The quantitative estimate of drug-likeness (QED) is 0.165. The van der Waals surface area contributed by atoms with Crippen molar-refractivity contribution in [2.45, 2.75) is 68.3 Å². The number of aliphatic hydroxyl groups excluding tert-OH is 7. The highest BCUT2D eigenvalue weighted by Gasteiger charge is 2.48. The van der Waals surface area contributed by atoms with Crippen molar-refractivity contribution in [3.63, 3.8) is 0 Å². The van der Waals surface area contributed by atoms with E-state index in [9.17, 15) is 40.5 Å². The van der Waals surface area contributed by atoms with Crippen LogP contribution in [0.25, 0.3) is 0 Å². The molecule has 2 aliphatic rings. The van der Waals surface area contributed by atoms with Crippen molar-refractivity contribution in [1.82, 2.24) is 0 Å². The zero-order chi connectivity index (χ0) is 20.3. The average Bonchev–Trinajstić information content (AvgIpc) is 2.63. The molecule has 0 aromatic heterocycles. The summed E-state index contributed by atoms with van der Waals surface area (Å²) in [6.07, 6.45) is -15.6. The predicted molar refractivity (Wildman–Crippen MR) is 79.3 cm³/mol. The van der Waals surface area contributed by atoms with Crippen LogP contribution in [0.4, 0.5) is 0 Å². The Labute approximate surface area is 153 Å². The Bertz CT molecular complexity index is 490. The molecule has 158 valence electrons. The summed E-state index contributed by atoms with van der Waals surface area (Å²) in [5.74, 6) is -0.856. The molecule has 0 aromatic rings. The van der Waals surface area contributed by atoms with Gasteiger partial charge in [0.05, 0.1) is 13.2 Å². The fraction of sp³-hybridized carbons (Fsp3) is 0.929. The molecule has 13 heteroatoms. The fourth-order valence-electron chi connectivity index (χ4n) is 2.67. The highest BCUT2D eigenvalue weighted by molar-refractivity contribution is 5.65. The van der Waals surface area contributed by atoms with E-state index in [0.29, 0.717) is 0 Å². The van der Waals surface area contributed by atoms with Gasteiger partial charge in [-0.3, -0.25) is 4.89 Å². The first-order chi connectivity index (χ1) is 12.7. The molecule has 27 heavy (non-hydrogen) atoms. The van der Waals surface area contributed by atoms with Gasteiger partial charge < -0.3 is 50.0 Å². The second-order valence-electron chi connectivity index (χ2n) is 6.21. The Hall–Kier alpha value is -0.970. The number of rotatable bonds is 6. The van der Waals surface area contributed by atoms with E-state index in [2.05, 4.69) is 4.89 Å². The third-order valence-electron chi connectivity index (χ3n) is 4.21. The lowest BCUT2D eigenvalue weighted by atomic mass is 9.98. The first-order valence-corrected chi connectivity index (χ1v) is 8.13. The van der Waals surface area contributed by atoms with Crippen LogP contribution in [-0.4, -0.2) is 116 Å². The topological polar surface area (TPSA) is 205 Å². The molecule has 0 unspecified atom stereocenters. The summed E-state index contributed by atoms with van der Waals surface area (Å²) in [4.78, 5) is 20.0. The van der Waals surface area contributed by atoms with Gasteiger partial charge in [0.25, 0.3) is 0 Å². The van der Waals surface area contributed by atoms with E-state index < -0.39 is 80.6 Å². The van der Waals surface area contributed by atoms with Gasteiger partial charge >= 0.3 is 5.97 Å².